The fourth-order valence-corrected chi connectivity index (χ4v) is 2.28. The Hall–Kier alpha value is -1.01. The lowest BCUT2D eigenvalue weighted by Gasteiger charge is -2.02. The summed E-state index contributed by atoms with van der Waals surface area (Å²) in [5.74, 6) is -0.0949. The smallest absolute Gasteiger partial charge is 0.231 e. The standard InChI is InChI=1S/C9H8BrN3OS/c1-2-13-8(6(10)3-12-13)9(14)7-4-15-5-11-7/h3-5H,2H2,1H3. The summed E-state index contributed by atoms with van der Waals surface area (Å²) < 4.78 is 2.37. The van der Waals surface area contributed by atoms with Crippen LogP contribution in [0.5, 0.6) is 0 Å². The molecule has 0 spiro atoms. The zero-order valence-corrected chi connectivity index (χ0v) is 10.4. The maximum Gasteiger partial charge on any atom is 0.231 e. The van der Waals surface area contributed by atoms with Crippen LogP contribution in [0.1, 0.15) is 23.1 Å². The van der Waals surface area contributed by atoms with E-state index in [-0.39, 0.29) is 5.78 Å². The number of rotatable bonds is 3. The van der Waals surface area contributed by atoms with Gasteiger partial charge in [0, 0.05) is 11.9 Å². The molecule has 78 valence electrons. The Kier molecular flexibility index (Phi) is 2.97. The maximum atomic E-state index is 12.0. The Balaban J connectivity index is 2.45. The van der Waals surface area contributed by atoms with Gasteiger partial charge in [0.2, 0.25) is 5.78 Å². The molecule has 0 unspecified atom stereocenters. The van der Waals surface area contributed by atoms with E-state index < -0.39 is 0 Å². The Morgan fingerprint density at radius 3 is 3.07 bits per heavy atom. The van der Waals surface area contributed by atoms with Crippen LogP contribution in [-0.4, -0.2) is 20.5 Å². The van der Waals surface area contributed by atoms with Gasteiger partial charge in [-0.1, -0.05) is 0 Å². The van der Waals surface area contributed by atoms with Gasteiger partial charge in [0.1, 0.15) is 11.4 Å². The van der Waals surface area contributed by atoms with Gasteiger partial charge in [-0.15, -0.1) is 11.3 Å². The van der Waals surface area contributed by atoms with Crippen molar-refractivity contribution in [3.05, 3.63) is 32.9 Å². The zero-order valence-electron chi connectivity index (χ0n) is 7.98. The SMILES string of the molecule is CCn1ncc(Br)c1C(=O)c1cscn1. The third kappa shape index (κ3) is 1.87. The molecule has 15 heavy (non-hydrogen) atoms. The van der Waals surface area contributed by atoms with Gasteiger partial charge in [-0.05, 0) is 22.9 Å². The van der Waals surface area contributed by atoms with Gasteiger partial charge in [0.25, 0.3) is 0 Å². The van der Waals surface area contributed by atoms with Gasteiger partial charge in [-0.2, -0.15) is 5.10 Å². The Bertz CT molecular complexity index is 478. The van der Waals surface area contributed by atoms with Crippen LogP contribution in [0, 0.1) is 0 Å². The van der Waals surface area contributed by atoms with Gasteiger partial charge in [0.15, 0.2) is 0 Å². The average molecular weight is 286 g/mol. The first kappa shape index (κ1) is 10.5. The molecular formula is C9H8BrN3OS. The highest BCUT2D eigenvalue weighted by Gasteiger charge is 2.19. The average Bonchev–Trinajstić information content (AvgIpc) is 2.85. The number of aromatic nitrogens is 3. The summed E-state index contributed by atoms with van der Waals surface area (Å²) in [6.45, 7) is 2.61. The highest BCUT2D eigenvalue weighted by atomic mass is 79.9. The molecule has 0 aliphatic heterocycles. The summed E-state index contributed by atoms with van der Waals surface area (Å²) in [4.78, 5) is 16.0. The predicted molar refractivity (Wildman–Crippen MR) is 61.1 cm³/mol. The molecule has 2 heterocycles. The van der Waals surface area contributed by atoms with Gasteiger partial charge in [-0.3, -0.25) is 9.48 Å². The van der Waals surface area contributed by atoms with E-state index in [0.717, 1.165) is 0 Å². The minimum Gasteiger partial charge on any atom is -0.285 e. The van der Waals surface area contributed by atoms with Crippen molar-refractivity contribution >= 4 is 33.0 Å². The molecule has 0 aromatic carbocycles. The summed E-state index contributed by atoms with van der Waals surface area (Å²) >= 11 is 4.72. The molecule has 0 N–H and O–H groups in total. The number of carbonyl (C=O) groups is 1. The van der Waals surface area contributed by atoms with E-state index >= 15 is 0 Å². The van der Waals surface area contributed by atoms with E-state index in [0.29, 0.717) is 22.4 Å². The van der Waals surface area contributed by atoms with E-state index in [9.17, 15) is 4.79 Å². The summed E-state index contributed by atoms with van der Waals surface area (Å²) in [5, 5.41) is 5.83. The van der Waals surface area contributed by atoms with E-state index in [1.807, 2.05) is 6.92 Å². The molecule has 0 aliphatic rings. The highest BCUT2D eigenvalue weighted by molar-refractivity contribution is 9.10. The van der Waals surface area contributed by atoms with E-state index in [4.69, 9.17) is 0 Å². The van der Waals surface area contributed by atoms with Crippen molar-refractivity contribution in [2.45, 2.75) is 13.5 Å². The fraction of sp³-hybridized carbons (Fsp3) is 0.222. The van der Waals surface area contributed by atoms with Crippen molar-refractivity contribution in [1.82, 2.24) is 14.8 Å². The lowest BCUT2D eigenvalue weighted by Crippen LogP contribution is -2.11. The topological polar surface area (TPSA) is 47.8 Å². The van der Waals surface area contributed by atoms with Crippen molar-refractivity contribution in [2.75, 3.05) is 0 Å². The lowest BCUT2D eigenvalue weighted by atomic mass is 10.2. The first-order valence-corrected chi connectivity index (χ1v) is 6.11. The van der Waals surface area contributed by atoms with Crippen LogP contribution in [0.4, 0.5) is 0 Å². The quantitative estimate of drug-likeness (QED) is 0.814. The second-order valence-electron chi connectivity index (χ2n) is 2.86. The summed E-state index contributed by atoms with van der Waals surface area (Å²) in [6, 6.07) is 0. The molecule has 4 nitrogen and oxygen atoms in total. The van der Waals surface area contributed by atoms with Gasteiger partial charge in [0.05, 0.1) is 16.2 Å². The molecule has 0 atom stereocenters. The van der Waals surface area contributed by atoms with Gasteiger partial charge >= 0.3 is 0 Å². The zero-order chi connectivity index (χ0) is 10.8. The second-order valence-corrected chi connectivity index (χ2v) is 4.43. The van der Waals surface area contributed by atoms with Crippen molar-refractivity contribution in [3.8, 4) is 0 Å². The Morgan fingerprint density at radius 2 is 2.47 bits per heavy atom. The molecule has 0 bridgehead atoms. The summed E-state index contributed by atoms with van der Waals surface area (Å²) in [6.07, 6.45) is 1.63. The monoisotopic (exact) mass is 285 g/mol. The second kappa shape index (κ2) is 4.24. The lowest BCUT2D eigenvalue weighted by molar-refractivity contribution is 0.102. The van der Waals surface area contributed by atoms with Crippen molar-refractivity contribution in [3.63, 3.8) is 0 Å². The molecule has 2 aromatic rings. The first-order valence-electron chi connectivity index (χ1n) is 4.38. The third-order valence-corrected chi connectivity index (χ3v) is 3.14. The van der Waals surface area contributed by atoms with Crippen LogP contribution in [0.2, 0.25) is 0 Å². The first-order chi connectivity index (χ1) is 7.24. The molecule has 2 rings (SSSR count). The molecule has 0 saturated carbocycles. The van der Waals surface area contributed by atoms with Crippen molar-refractivity contribution in [1.29, 1.82) is 0 Å². The van der Waals surface area contributed by atoms with Crippen LogP contribution in [0.3, 0.4) is 0 Å². The molecule has 0 saturated heterocycles. The molecule has 6 heteroatoms. The van der Waals surface area contributed by atoms with Crippen LogP contribution in [0.15, 0.2) is 21.6 Å². The number of halogens is 1. The van der Waals surface area contributed by atoms with Crippen LogP contribution in [-0.2, 0) is 6.54 Å². The number of nitrogens with zero attached hydrogens (tertiary/aromatic N) is 3. The highest BCUT2D eigenvalue weighted by Crippen LogP contribution is 2.19. The number of carbonyl (C=O) groups excluding carboxylic acids is 1. The Labute approximate surface area is 99.1 Å². The predicted octanol–water partition coefficient (Wildman–Crippen LogP) is 2.35. The van der Waals surface area contributed by atoms with E-state index in [1.54, 1.807) is 21.8 Å². The normalized spacial score (nSPS) is 10.5. The van der Waals surface area contributed by atoms with Crippen LogP contribution >= 0.6 is 27.3 Å². The van der Waals surface area contributed by atoms with Gasteiger partial charge < -0.3 is 0 Å². The van der Waals surface area contributed by atoms with Gasteiger partial charge in [-0.25, -0.2) is 4.98 Å². The molecule has 0 radical (unpaired) electrons. The third-order valence-electron chi connectivity index (χ3n) is 1.97. The minimum absolute atomic E-state index is 0.0949. The minimum atomic E-state index is -0.0949. The molecule has 0 fully saturated rings. The number of hydrogen-bond acceptors (Lipinski definition) is 4. The summed E-state index contributed by atoms with van der Waals surface area (Å²) in [5.41, 5.74) is 2.67. The maximum absolute atomic E-state index is 12.0. The summed E-state index contributed by atoms with van der Waals surface area (Å²) in [7, 11) is 0. The van der Waals surface area contributed by atoms with Crippen molar-refractivity contribution < 1.29 is 4.79 Å². The van der Waals surface area contributed by atoms with E-state index in [2.05, 4.69) is 26.0 Å². The fourth-order valence-electron chi connectivity index (χ4n) is 1.27. The number of aryl methyl sites for hydroxylation is 1. The number of hydrogen-bond donors (Lipinski definition) is 0. The molecule has 0 amide bonds. The van der Waals surface area contributed by atoms with Crippen LogP contribution in [0.25, 0.3) is 0 Å². The number of thiazole rings is 1. The van der Waals surface area contributed by atoms with E-state index in [1.165, 1.54) is 11.3 Å². The molecular weight excluding hydrogens is 278 g/mol. The number of ketones is 1. The van der Waals surface area contributed by atoms with Crippen LogP contribution < -0.4 is 0 Å². The molecule has 0 aliphatic carbocycles. The Morgan fingerprint density at radius 1 is 1.67 bits per heavy atom. The molecule has 2 aromatic heterocycles. The van der Waals surface area contributed by atoms with Crippen molar-refractivity contribution in [2.24, 2.45) is 0 Å². The largest absolute Gasteiger partial charge is 0.285 e.